The summed E-state index contributed by atoms with van der Waals surface area (Å²) in [5.74, 6) is 0. The van der Waals surface area contributed by atoms with Crippen molar-refractivity contribution in [3.8, 4) is 0 Å². The summed E-state index contributed by atoms with van der Waals surface area (Å²) in [4.78, 5) is 0. The van der Waals surface area contributed by atoms with Crippen LogP contribution in [0.3, 0.4) is 0 Å². The summed E-state index contributed by atoms with van der Waals surface area (Å²) >= 11 is 6.60. The Labute approximate surface area is 137 Å². The fraction of sp³-hybridized carbons (Fsp3) is 0.188. The quantitative estimate of drug-likeness (QED) is 0.645. The van der Waals surface area contributed by atoms with Gasteiger partial charge in [0, 0.05) is 5.69 Å². The Morgan fingerprint density at radius 2 is 1.40 bits per heavy atom. The third-order valence-electron chi connectivity index (χ3n) is 2.88. The molecule has 0 fully saturated rings. The molecule has 2 rings (SSSR count). The third kappa shape index (κ3) is 4.46. The first kappa shape index (κ1) is 16.9. The number of halogens is 2. The SMILES string of the molecule is C=C1C=C(Br)C(=[NH2+])C(Br)=C1.Cc1cc(C)c(N)c(C)c1. The normalized spacial score (nSPS) is 14.2. The number of nitrogen functional groups attached to an aromatic ring is 1. The molecule has 0 saturated carbocycles. The lowest BCUT2D eigenvalue weighted by atomic mass is 10.1. The average molecular weight is 399 g/mol. The lowest BCUT2D eigenvalue weighted by Gasteiger charge is -2.04. The molecule has 0 heterocycles. The number of aryl methyl sites for hydroxylation is 3. The van der Waals surface area contributed by atoms with E-state index in [4.69, 9.17) is 11.1 Å². The van der Waals surface area contributed by atoms with E-state index < -0.39 is 0 Å². The van der Waals surface area contributed by atoms with E-state index in [1.807, 2.05) is 26.0 Å². The van der Waals surface area contributed by atoms with E-state index in [0.29, 0.717) is 5.71 Å². The third-order valence-corrected chi connectivity index (χ3v) is 4.19. The van der Waals surface area contributed by atoms with Crippen molar-refractivity contribution < 1.29 is 5.41 Å². The minimum absolute atomic E-state index is 0.715. The molecule has 20 heavy (non-hydrogen) atoms. The van der Waals surface area contributed by atoms with E-state index in [1.165, 1.54) is 16.7 Å². The van der Waals surface area contributed by atoms with Crippen LogP contribution in [0.4, 0.5) is 5.69 Å². The Bertz CT molecular complexity index is 578. The summed E-state index contributed by atoms with van der Waals surface area (Å²) in [6.07, 6.45) is 3.75. The highest BCUT2D eigenvalue weighted by Crippen LogP contribution is 2.23. The Morgan fingerprint density at radius 1 is 1.00 bits per heavy atom. The number of hydrogen-bond acceptors (Lipinski definition) is 1. The monoisotopic (exact) mass is 397 g/mol. The summed E-state index contributed by atoms with van der Waals surface area (Å²) in [6, 6.07) is 4.20. The van der Waals surface area contributed by atoms with E-state index >= 15 is 0 Å². The maximum absolute atomic E-state index is 5.75. The number of nitrogens with two attached hydrogens (primary N) is 2. The Kier molecular flexibility index (Phi) is 5.96. The van der Waals surface area contributed by atoms with Crippen molar-refractivity contribution in [2.75, 3.05) is 5.73 Å². The smallest absolute Gasteiger partial charge is 0.225 e. The van der Waals surface area contributed by atoms with Crippen LogP contribution in [0.15, 0.2) is 45.4 Å². The largest absolute Gasteiger partial charge is 0.398 e. The van der Waals surface area contributed by atoms with E-state index in [9.17, 15) is 0 Å². The number of anilines is 1. The van der Waals surface area contributed by atoms with Crippen LogP contribution >= 0.6 is 31.9 Å². The Balaban J connectivity index is 0.000000200. The molecular weight excluding hydrogens is 380 g/mol. The van der Waals surface area contributed by atoms with Crippen molar-refractivity contribution in [2.45, 2.75) is 20.8 Å². The molecule has 0 atom stereocenters. The molecule has 1 aliphatic carbocycles. The van der Waals surface area contributed by atoms with Gasteiger partial charge in [-0.15, -0.1) is 0 Å². The van der Waals surface area contributed by atoms with E-state index in [2.05, 4.69) is 57.5 Å². The first-order valence-corrected chi connectivity index (χ1v) is 7.70. The van der Waals surface area contributed by atoms with Crippen molar-refractivity contribution >= 4 is 43.3 Å². The maximum atomic E-state index is 5.75. The number of benzene rings is 1. The molecule has 2 nitrogen and oxygen atoms in total. The van der Waals surface area contributed by atoms with Gasteiger partial charge in [-0.25, -0.2) is 0 Å². The van der Waals surface area contributed by atoms with Gasteiger partial charge in [-0.3, -0.25) is 5.41 Å². The van der Waals surface area contributed by atoms with Crippen molar-refractivity contribution in [2.24, 2.45) is 0 Å². The highest BCUT2D eigenvalue weighted by atomic mass is 79.9. The van der Waals surface area contributed by atoms with Crippen LogP contribution in [0.2, 0.25) is 0 Å². The molecule has 1 aromatic carbocycles. The number of hydrogen-bond donors (Lipinski definition) is 2. The van der Waals surface area contributed by atoms with Gasteiger partial charge in [0.15, 0.2) is 0 Å². The minimum atomic E-state index is 0.715. The molecule has 0 aromatic heterocycles. The number of rotatable bonds is 0. The summed E-state index contributed by atoms with van der Waals surface area (Å²) in [6.45, 7) is 9.92. The van der Waals surface area contributed by atoms with Gasteiger partial charge in [0.25, 0.3) is 0 Å². The molecule has 0 saturated heterocycles. The van der Waals surface area contributed by atoms with Crippen molar-refractivity contribution in [1.29, 1.82) is 0 Å². The second kappa shape index (κ2) is 7.04. The van der Waals surface area contributed by atoms with Gasteiger partial charge in [-0.05, 0) is 81.5 Å². The van der Waals surface area contributed by atoms with Crippen LogP contribution in [0.25, 0.3) is 0 Å². The van der Waals surface area contributed by atoms with Crippen LogP contribution in [0.1, 0.15) is 16.7 Å². The molecule has 1 aliphatic rings. The zero-order chi connectivity index (χ0) is 15.4. The van der Waals surface area contributed by atoms with Crippen LogP contribution in [0.5, 0.6) is 0 Å². The summed E-state index contributed by atoms with van der Waals surface area (Å²) in [7, 11) is 0. The Hall–Kier alpha value is -1.13. The van der Waals surface area contributed by atoms with Gasteiger partial charge in [-0.2, -0.15) is 0 Å². The van der Waals surface area contributed by atoms with E-state index in [0.717, 1.165) is 20.2 Å². The highest BCUT2D eigenvalue weighted by Gasteiger charge is 2.15. The maximum Gasteiger partial charge on any atom is 0.225 e. The minimum Gasteiger partial charge on any atom is -0.398 e. The van der Waals surface area contributed by atoms with Crippen molar-refractivity contribution in [1.82, 2.24) is 0 Å². The summed E-state index contributed by atoms with van der Waals surface area (Å²) in [5.41, 5.74) is 12.0. The fourth-order valence-corrected chi connectivity index (χ4v) is 3.11. The fourth-order valence-electron chi connectivity index (χ4n) is 1.83. The predicted octanol–water partition coefficient (Wildman–Crippen LogP) is 3.51. The van der Waals surface area contributed by atoms with Crippen LogP contribution in [-0.2, 0) is 0 Å². The second-order valence-corrected chi connectivity index (χ2v) is 6.49. The lowest BCUT2D eigenvalue weighted by molar-refractivity contribution is -0.110. The highest BCUT2D eigenvalue weighted by molar-refractivity contribution is 9.13. The van der Waals surface area contributed by atoms with Crippen LogP contribution in [-0.4, -0.2) is 5.71 Å². The molecule has 0 spiro atoms. The van der Waals surface area contributed by atoms with Gasteiger partial charge in [0.1, 0.15) is 0 Å². The van der Waals surface area contributed by atoms with Gasteiger partial charge in [0.2, 0.25) is 5.71 Å². The zero-order valence-corrected chi connectivity index (χ0v) is 15.1. The van der Waals surface area contributed by atoms with Gasteiger partial charge in [-0.1, -0.05) is 24.3 Å². The van der Waals surface area contributed by atoms with Crippen molar-refractivity contribution in [3.63, 3.8) is 0 Å². The molecule has 1 aromatic rings. The molecule has 0 unspecified atom stereocenters. The van der Waals surface area contributed by atoms with E-state index in [1.54, 1.807) is 0 Å². The number of allylic oxidation sites excluding steroid dienone is 5. The molecule has 0 amide bonds. The first-order chi connectivity index (χ1) is 9.22. The molecule has 106 valence electrons. The van der Waals surface area contributed by atoms with Crippen LogP contribution in [0, 0.1) is 20.8 Å². The van der Waals surface area contributed by atoms with Gasteiger partial charge < -0.3 is 5.73 Å². The summed E-state index contributed by atoms with van der Waals surface area (Å²) in [5, 5.41) is 5.63. The molecule has 4 N–H and O–H groups in total. The lowest BCUT2D eigenvalue weighted by Crippen LogP contribution is -2.40. The molecule has 0 bridgehead atoms. The standard InChI is InChI=1S/C9H13N.C7H5Br2N/c1-6-4-7(2)9(10)8(3)5-6;1-4-2-5(8)7(10)6(9)3-4/h4-5H,10H2,1-3H3;2-3,10H,1H2/p+1. The predicted molar refractivity (Wildman–Crippen MR) is 95.2 cm³/mol. The average Bonchev–Trinajstić information content (AvgIpc) is 2.33. The zero-order valence-electron chi connectivity index (χ0n) is 11.9. The van der Waals surface area contributed by atoms with Crippen LogP contribution < -0.4 is 11.1 Å². The van der Waals surface area contributed by atoms with Gasteiger partial charge >= 0.3 is 0 Å². The molecular formula is C16H19Br2N2+. The van der Waals surface area contributed by atoms with Gasteiger partial charge in [0.05, 0.1) is 8.96 Å². The molecule has 0 radical (unpaired) electrons. The van der Waals surface area contributed by atoms with E-state index in [-0.39, 0.29) is 0 Å². The summed E-state index contributed by atoms with van der Waals surface area (Å²) < 4.78 is 1.76. The Morgan fingerprint density at radius 3 is 1.80 bits per heavy atom. The second-order valence-electron chi connectivity index (χ2n) is 4.79. The van der Waals surface area contributed by atoms with Crippen molar-refractivity contribution in [3.05, 3.63) is 62.1 Å². The topological polar surface area (TPSA) is 51.6 Å². The first-order valence-electron chi connectivity index (χ1n) is 6.12. The molecule has 0 aliphatic heterocycles. The molecule has 4 heteroatoms.